The summed E-state index contributed by atoms with van der Waals surface area (Å²) in [6.45, 7) is 0. The van der Waals surface area contributed by atoms with Gasteiger partial charge in [0.05, 0.1) is 17.7 Å². The molecule has 0 aliphatic heterocycles. The molecule has 0 aliphatic rings. The fraction of sp³-hybridized carbons (Fsp3) is 0.0870. The van der Waals surface area contributed by atoms with Gasteiger partial charge in [0, 0.05) is 11.6 Å². The van der Waals surface area contributed by atoms with Crippen molar-refractivity contribution in [3.8, 4) is 5.75 Å². The van der Waals surface area contributed by atoms with E-state index in [0.717, 1.165) is 11.1 Å². The number of halogens is 1. The van der Waals surface area contributed by atoms with Gasteiger partial charge < -0.3 is 15.2 Å². The van der Waals surface area contributed by atoms with E-state index in [1.807, 2.05) is 0 Å². The molecule has 156 valence electrons. The van der Waals surface area contributed by atoms with Crippen molar-refractivity contribution in [3.63, 3.8) is 0 Å². The van der Waals surface area contributed by atoms with E-state index in [0.29, 0.717) is 22.4 Å². The van der Waals surface area contributed by atoms with Gasteiger partial charge in [0.2, 0.25) is 0 Å². The molecular weight excluding hydrogens is 419 g/mol. The minimum Gasteiger partial charge on any atom is -0.505 e. The summed E-state index contributed by atoms with van der Waals surface area (Å²) in [5.74, 6) is -1.74. The third-order valence-corrected chi connectivity index (χ3v) is 5.59. The molecule has 8 heteroatoms. The van der Waals surface area contributed by atoms with Gasteiger partial charge in [0.25, 0.3) is 5.91 Å². The zero-order valence-electron chi connectivity index (χ0n) is 16.4. The zero-order chi connectivity index (χ0) is 22.0. The fourth-order valence-electron chi connectivity index (χ4n) is 3.22. The van der Waals surface area contributed by atoms with Crippen LogP contribution in [0.5, 0.6) is 5.75 Å². The smallest absolute Gasteiger partial charge is 0.341 e. The van der Waals surface area contributed by atoms with Crippen molar-refractivity contribution in [2.45, 2.75) is 6.42 Å². The Morgan fingerprint density at radius 1 is 1.16 bits per heavy atom. The molecule has 2 aromatic heterocycles. The third-order valence-electron chi connectivity index (χ3n) is 4.72. The van der Waals surface area contributed by atoms with Gasteiger partial charge in [-0.3, -0.25) is 9.78 Å². The number of hydrogen-bond acceptors (Lipinski definition) is 6. The molecule has 0 radical (unpaired) electrons. The minimum absolute atomic E-state index is 0.102. The predicted octanol–water partition coefficient (Wildman–Crippen LogP) is 4.77. The summed E-state index contributed by atoms with van der Waals surface area (Å²) in [6.07, 6.45) is 2.04. The lowest BCUT2D eigenvalue weighted by Crippen LogP contribution is -2.12. The van der Waals surface area contributed by atoms with Crippen LogP contribution < -0.4 is 5.32 Å². The van der Waals surface area contributed by atoms with Crippen LogP contribution in [0.3, 0.4) is 0 Å². The standard InChI is InChI=1S/C23H17FN2O4S/c1-30-23(29)17-11-18(26-22(28)19-3-2-8-31-19)16-10-14(12-25-20(16)21(17)27)9-13-4-6-15(24)7-5-13/h2-8,10-12,27H,9H2,1H3,(H,26,28). The first-order chi connectivity index (χ1) is 15.0. The van der Waals surface area contributed by atoms with E-state index in [1.165, 1.54) is 36.6 Å². The molecule has 0 aliphatic carbocycles. The molecule has 2 N–H and O–H groups in total. The molecule has 0 spiro atoms. The largest absolute Gasteiger partial charge is 0.505 e. The molecule has 4 aromatic rings. The molecule has 0 atom stereocenters. The van der Waals surface area contributed by atoms with E-state index in [1.54, 1.807) is 41.9 Å². The average Bonchev–Trinajstić information content (AvgIpc) is 3.32. The van der Waals surface area contributed by atoms with E-state index >= 15 is 0 Å². The first-order valence-corrected chi connectivity index (χ1v) is 10.2. The van der Waals surface area contributed by atoms with Gasteiger partial charge in [0.15, 0.2) is 5.75 Å². The summed E-state index contributed by atoms with van der Waals surface area (Å²) in [5, 5.41) is 15.6. The number of hydrogen-bond donors (Lipinski definition) is 2. The van der Waals surface area contributed by atoms with Gasteiger partial charge in [-0.05, 0) is 53.3 Å². The van der Waals surface area contributed by atoms with Crippen molar-refractivity contribution in [2.75, 3.05) is 12.4 Å². The quantitative estimate of drug-likeness (QED) is 0.348. The number of pyridine rings is 1. The average molecular weight is 436 g/mol. The Hall–Kier alpha value is -3.78. The van der Waals surface area contributed by atoms with E-state index < -0.39 is 5.97 Å². The van der Waals surface area contributed by atoms with Crippen molar-refractivity contribution >= 4 is 39.8 Å². The molecule has 6 nitrogen and oxygen atoms in total. The second kappa shape index (κ2) is 8.53. The lowest BCUT2D eigenvalue weighted by molar-refractivity contribution is 0.0597. The number of amides is 1. The Bertz CT molecular complexity index is 1270. The van der Waals surface area contributed by atoms with Crippen LogP contribution in [0, 0.1) is 5.82 Å². The Labute approximate surface area is 180 Å². The number of nitrogens with zero attached hydrogens (tertiary/aromatic N) is 1. The maximum absolute atomic E-state index is 13.2. The van der Waals surface area contributed by atoms with Gasteiger partial charge in [-0.15, -0.1) is 11.3 Å². The van der Waals surface area contributed by atoms with Crippen LogP contribution in [0.2, 0.25) is 0 Å². The number of phenols is 1. The normalized spacial score (nSPS) is 10.8. The van der Waals surface area contributed by atoms with Gasteiger partial charge >= 0.3 is 5.97 Å². The molecule has 31 heavy (non-hydrogen) atoms. The van der Waals surface area contributed by atoms with E-state index in [2.05, 4.69) is 10.3 Å². The summed E-state index contributed by atoms with van der Waals surface area (Å²) in [7, 11) is 1.20. The van der Waals surface area contributed by atoms with Crippen LogP contribution in [-0.4, -0.2) is 29.1 Å². The number of fused-ring (bicyclic) bond motifs is 1. The maximum Gasteiger partial charge on any atom is 0.341 e. The van der Waals surface area contributed by atoms with E-state index in [4.69, 9.17) is 4.74 Å². The monoisotopic (exact) mass is 436 g/mol. The Morgan fingerprint density at radius 3 is 2.61 bits per heavy atom. The maximum atomic E-state index is 13.2. The van der Waals surface area contributed by atoms with Crippen LogP contribution in [0.4, 0.5) is 10.1 Å². The molecule has 2 aromatic carbocycles. The molecule has 0 bridgehead atoms. The van der Waals surface area contributed by atoms with E-state index in [9.17, 15) is 19.1 Å². The number of phenolic OH excluding ortho intramolecular Hbond substituents is 1. The van der Waals surface area contributed by atoms with Crippen molar-refractivity contribution in [3.05, 3.63) is 87.5 Å². The van der Waals surface area contributed by atoms with Crippen molar-refractivity contribution in [1.82, 2.24) is 4.98 Å². The summed E-state index contributed by atoms with van der Waals surface area (Å²) in [5.41, 5.74) is 2.04. The number of aromatic nitrogens is 1. The number of benzene rings is 2. The number of thiophene rings is 1. The predicted molar refractivity (Wildman–Crippen MR) is 116 cm³/mol. The first-order valence-electron chi connectivity index (χ1n) is 9.28. The minimum atomic E-state index is -0.747. The fourth-order valence-corrected chi connectivity index (χ4v) is 3.83. The Balaban J connectivity index is 1.80. The molecule has 2 heterocycles. The number of anilines is 1. The number of esters is 1. The van der Waals surface area contributed by atoms with Gasteiger partial charge in [0.1, 0.15) is 16.9 Å². The first kappa shape index (κ1) is 20.5. The number of methoxy groups -OCH3 is 1. The summed E-state index contributed by atoms with van der Waals surface area (Å²) < 4.78 is 17.9. The summed E-state index contributed by atoms with van der Waals surface area (Å²) >= 11 is 1.28. The highest BCUT2D eigenvalue weighted by Gasteiger charge is 2.20. The third kappa shape index (κ3) is 4.24. The highest BCUT2D eigenvalue weighted by molar-refractivity contribution is 7.12. The van der Waals surface area contributed by atoms with Crippen molar-refractivity contribution < 1.29 is 23.8 Å². The SMILES string of the molecule is COC(=O)c1cc(NC(=O)c2cccs2)c2cc(Cc3ccc(F)cc3)cnc2c1O. The van der Waals surface area contributed by atoms with Gasteiger partial charge in [-0.25, -0.2) is 9.18 Å². The van der Waals surface area contributed by atoms with Crippen LogP contribution >= 0.6 is 11.3 Å². The van der Waals surface area contributed by atoms with Crippen molar-refractivity contribution in [2.24, 2.45) is 0 Å². The number of aromatic hydroxyl groups is 1. The topological polar surface area (TPSA) is 88.5 Å². The number of carbonyl (C=O) groups is 2. The zero-order valence-corrected chi connectivity index (χ0v) is 17.2. The number of carbonyl (C=O) groups excluding carboxylic acids is 2. The van der Waals surface area contributed by atoms with Crippen molar-refractivity contribution in [1.29, 1.82) is 0 Å². The van der Waals surface area contributed by atoms with Gasteiger partial charge in [-0.2, -0.15) is 0 Å². The number of ether oxygens (including phenoxy) is 1. The molecular formula is C23H17FN2O4S. The molecule has 0 fully saturated rings. The summed E-state index contributed by atoms with van der Waals surface area (Å²) in [6, 6.07) is 12.7. The summed E-state index contributed by atoms with van der Waals surface area (Å²) in [4.78, 5) is 29.6. The lowest BCUT2D eigenvalue weighted by atomic mass is 10.0. The van der Waals surface area contributed by atoms with E-state index in [-0.39, 0.29) is 28.6 Å². The second-order valence-corrected chi connectivity index (χ2v) is 7.73. The lowest BCUT2D eigenvalue weighted by Gasteiger charge is -2.13. The molecule has 0 saturated heterocycles. The van der Waals surface area contributed by atoms with Crippen LogP contribution in [0.1, 0.15) is 31.2 Å². The second-order valence-electron chi connectivity index (χ2n) is 6.79. The molecule has 1 amide bonds. The highest BCUT2D eigenvalue weighted by Crippen LogP contribution is 2.35. The van der Waals surface area contributed by atoms with Crippen LogP contribution in [0.15, 0.2) is 60.1 Å². The Morgan fingerprint density at radius 2 is 1.94 bits per heavy atom. The van der Waals surface area contributed by atoms with Crippen LogP contribution in [0.25, 0.3) is 10.9 Å². The molecule has 0 saturated carbocycles. The molecule has 0 unspecified atom stereocenters. The van der Waals surface area contributed by atoms with Crippen LogP contribution in [-0.2, 0) is 11.2 Å². The highest BCUT2D eigenvalue weighted by atomic mass is 32.1. The van der Waals surface area contributed by atoms with Gasteiger partial charge in [-0.1, -0.05) is 18.2 Å². The number of nitrogens with one attached hydrogen (secondary N) is 1. The number of rotatable bonds is 5. The Kier molecular flexibility index (Phi) is 5.64. The molecule has 4 rings (SSSR count).